The number of benzene rings is 2. The zero-order valence-electron chi connectivity index (χ0n) is 23.4. The molecule has 0 aliphatic rings. The number of imidazole rings is 1. The Bertz CT molecular complexity index is 1300. The molecule has 11 heteroatoms. The molecule has 0 saturated heterocycles. The maximum absolute atomic E-state index is 13.9. The number of amides is 2. The largest absolute Gasteiger partial charge is 0.444 e. The quantitative estimate of drug-likeness (QED) is 0.282. The summed E-state index contributed by atoms with van der Waals surface area (Å²) < 4.78 is 34.3. The second kappa shape index (κ2) is 13.5. The summed E-state index contributed by atoms with van der Waals surface area (Å²) in [4.78, 5) is 29.4. The third-order valence-corrected chi connectivity index (χ3v) is 5.95. The maximum Gasteiger partial charge on any atom is 0.413 e. The van der Waals surface area contributed by atoms with E-state index in [4.69, 9.17) is 4.74 Å². The van der Waals surface area contributed by atoms with Crippen molar-refractivity contribution >= 4 is 17.8 Å². The van der Waals surface area contributed by atoms with E-state index in [-0.39, 0.29) is 30.2 Å². The van der Waals surface area contributed by atoms with Crippen LogP contribution in [0.5, 0.6) is 0 Å². The topological polar surface area (TPSA) is 118 Å². The lowest BCUT2D eigenvalue weighted by Crippen LogP contribution is -2.49. The van der Waals surface area contributed by atoms with E-state index < -0.39 is 41.4 Å². The fourth-order valence-electron chi connectivity index (χ4n) is 4.11. The fourth-order valence-corrected chi connectivity index (χ4v) is 4.11. The van der Waals surface area contributed by atoms with Crippen LogP contribution in [-0.2, 0) is 31.2 Å². The Labute approximate surface area is 233 Å². The molecule has 0 spiro atoms. The van der Waals surface area contributed by atoms with Crippen LogP contribution in [0.1, 0.15) is 55.0 Å². The van der Waals surface area contributed by atoms with Gasteiger partial charge in [0.25, 0.3) is 5.91 Å². The van der Waals surface area contributed by atoms with Crippen LogP contribution in [0.4, 0.5) is 19.4 Å². The Morgan fingerprint density at radius 2 is 1.75 bits per heavy atom. The minimum atomic E-state index is -1.11. The van der Waals surface area contributed by atoms with Gasteiger partial charge in [-0.15, -0.1) is 0 Å². The first-order valence-electron chi connectivity index (χ1n) is 13.1. The smallest absolute Gasteiger partial charge is 0.413 e. The minimum absolute atomic E-state index is 0.0397. The molecule has 216 valence electrons. The standard InChI is InChI=1S/C29H37F2N5O4/c1-6-18-8-7-9-19(10-18)15-32-16-24(37)23(13-20-11-21(30)14-22(31)12-20)33-27(38)26-34-25(17-36(26)5)35-28(39)40-29(2,3)4/h7-12,14,17,23-24,32,37H,6,13,15-16H2,1-5H3,(H,33,38)(H,35,39)/t23-,24-/m0/s1. The molecule has 1 heterocycles. The van der Waals surface area contributed by atoms with E-state index >= 15 is 0 Å². The van der Waals surface area contributed by atoms with Gasteiger partial charge in [0.15, 0.2) is 5.82 Å². The number of hydrogen-bond donors (Lipinski definition) is 4. The number of hydrogen-bond acceptors (Lipinski definition) is 6. The molecular formula is C29H37F2N5O4. The fraction of sp³-hybridized carbons (Fsp3) is 0.414. The monoisotopic (exact) mass is 557 g/mol. The third kappa shape index (κ3) is 9.42. The van der Waals surface area contributed by atoms with Crippen LogP contribution in [0.2, 0.25) is 0 Å². The van der Waals surface area contributed by atoms with Gasteiger partial charge >= 0.3 is 6.09 Å². The number of carbonyl (C=O) groups excluding carboxylic acids is 2. The number of aliphatic hydroxyl groups is 1. The van der Waals surface area contributed by atoms with Gasteiger partial charge in [-0.3, -0.25) is 10.1 Å². The van der Waals surface area contributed by atoms with E-state index in [2.05, 4.69) is 33.9 Å². The second-order valence-electron chi connectivity index (χ2n) is 10.6. The summed E-state index contributed by atoms with van der Waals surface area (Å²) in [7, 11) is 1.57. The number of aromatic nitrogens is 2. The highest BCUT2D eigenvalue weighted by atomic mass is 19.1. The summed E-state index contributed by atoms with van der Waals surface area (Å²) in [6.07, 6.45) is 0.468. The molecule has 4 N–H and O–H groups in total. The Morgan fingerprint density at radius 1 is 1.07 bits per heavy atom. The Kier molecular flexibility index (Phi) is 10.4. The van der Waals surface area contributed by atoms with Crippen molar-refractivity contribution < 1.29 is 28.2 Å². The van der Waals surface area contributed by atoms with E-state index in [1.165, 1.54) is 16.3 Å². The molecule has 2 atom stereocenters. The van der Waals surface area contributed by atoms with E-state index in [9.17, 15) is 23.5 Å². The summed E-state index contributed by atoms with van der Waals surface area (Å²) in [5.74, 6) is -2.10. The first kappa shape index (κ1) is 30.7. The van der Waals surface area contributed by atoms with Gasteiger partial charge in [-0.2, -0.15) is 0 Å². The highest BCUT2D eigenvalue weighted by Crippen LogP contribution is 2.15. The number of anilines is 1. The van der Waals surface area contributed by atoms with Gasteiger partial charge in [0, 0.05) is 32.4 Å². The van der Waals surface area contributed by atoms with Crippen molar-refractivity contribution in [2.45, 2.75) is 64.8 Å². The Morgan fingerprint density at radius 3 is 2.40 bits per heavy atom. The maximum atomic E-state index is 13.9. The normalized spacial score (nSPS) is 13.0. The van der Waals surface area contributed by atoms with Crippen molar-refractivity contribution in [3.05, 3.63) is 82.8 Å². The van der Waals surface area contributed by atoms with Crippen LogP contribution in [0.25, 0.3) is 0 Å². The molecule has 2 amide bonds. The van der Waals surface area contributed by atoms with Crippen molar-refractivity contribution in [1.29, 1.82) is 0 Å². The number of nitrogens with zero attached hydrogens (tertiary/aromatic N) is 2. The van der Waals surface area contributed by atoms with Gasteiger partial charge in [-0.25, -0.2) is 18.6 Å². The molecule has 1 aromatic heterocycles. The van der Waals surface area contributed by atoms with Crippen LogP contribution in [0, 0.1) is 11.6 Å². The lowest BCUT2D eigenvalue weighted by atomic mass is 10.0. The first-order chi connectivity index (χ1) is 18.8. The molecule has 3 aromatic rings. The van der Waals surface area contributed by atoms with Crippen LogP contribution in [0.15, 0.2) is 48.7 Å². The van der Waals surface area contributed by atoms with Crippen molar-refractivity contribution in [2.24, 2.45) is 7.05 Å². The van der Waals surface area contributed by atoms with Crippen LogP contribution < -0.4 is 16.0 Å². The molecule has 3 rings (SSSR count). The van der Waals surface area contributed by atoms with Gasteiger partial charge in [0.05, 0.1) is 12.1 Å². The molecule has 0 aliphatic heterocycles. The summed E-state index contributed by atoms with van der Waals surface area (Å²) >= 11 is 0. The molecule has 0 unspecified atom stereocenters. The van der Waals surface area contributed by atoms with E-state index in [1.54, 1.807) is 27.8 Å². The van der Waals surface area contributed by atoms with Crippen molar-refractivity contribution in [3.8, 4) is 0 Å². The highest BCUT2D eigenvalue weighted by molar-refractivity contribution is 5.92. The van der Waals surface area contributed by atoms with Crippen LogP contribution in [0.3, 0.4) is 0 Å². The molecule has 9 nitrogen and oxygen atoms in total. The number of rotatable bonds is 11. The number of aryl methyl sites for hydroxylation is 2. The van der Waals surface area contributed by atoms with Gasteiger partial charge < -0.3 is 25.0 Å². The third-order valence-electron chi connectivity index (χ3n) is 5.95. The lowest BCUT2D eigenvalue weighted by Gasteiger charge is -2.25. The predicted octanol–water partition coefficient (Wildman–Crippen LogP) is 4.10. The van der Waals surface area contributed by atoms with Crippen LogP contribution in [-0.4, -0.2) is 50.9 Å². The number of ether oxygens (including phenoxy) is 1. The summed E-state index contributed by atoms with van der Waals surface area (Å²) in [6.45, 7) is 7.81. The first-order valence-corrected chi connectivity index (χ1v) is 13.1. The molecule has 0 aliphatic carbocycles. The summed E-state index contributed by atoms with van der Waals surface area (Å²) in [6, 6.07) is 10.2. The van der Waals surface area contributed by atoms with E-state index in [1.807, 2.05) is 18.2 Å². The number of halogens is 2. The summed E-state index contributed by atoms with van der Waals surface area (Å²) in [5, 5.41) is 19.4. The zero-order chi connectivity index (χ0) is 29.4. The molecule has 0 bridgehead atoms. The van der Waals surface area contributed by atoms with Crippen molar-refractivity contribution in [2.75, 3.05) is 11.9 Å². The van der Waals surface area contributed by atoms with Crippen molar-refractivity contribution in [1.82, 2.24) is 20.2 Å². The SMILES string of the molecule is CCc1cccc(CNC[C@H](O)[C@H](Cc2cc(F)cc(F)c2)NC(=O)c2nc(NC(=O)OC(C)(C)C)cn2C)c1. The highest BCUT2D eigenvalue weighted by Gasteiger charge is 2.26. The van der Waals surface area contributed by atoms with E-state index in [0.29, 0.717) is 6.54 Å². The molecule has 0 saturated carbocycles. The Balaban J connectivity index is 1.73. The van der Waals surface area contributed by atoms with Gasteiger partial charge in [-0.05, 0) is 62.4 Å². The zero-order valence-corrected chi connectivity index (χ0v) is 23.4. The molecule has 0 fully saturated rings. The van der Waals surface area contributed by atoms with Gasteiger partial charge in [0.1, 0.15) is 17.2 Å². The number of carbonyl (C=O) groups is 2. The molecular weight excluding hydrogens is 520 g/mol. The molecule has 40 heavy (non-hydrogen) atoms. The van der Waals surface area contributed by atoms with Gasteiger partial charge in [-0.1, -0.05) is 31.2 Å². The average molecular weight is 558 g/mol. The van der Waals surface area contributed by atoms with E-state index in [0.717, 1.165) is 30.2 Å². The molecule has 2 aromatic carbocycles. The average Bonchev–Trinajstić information content (AvgIpc) is 3.21. The minimum Gasteiger partial charge on any atom is -0.444 e. The van der Waals surface area contributed by atoms with Gasteiger partial charge in [0.2, 0.25) is 5.82 Å². The number of nitrogens with one attached hydrogen (secondary N) is 3. The van der Waals surface area contributed by atoms with Crippen molar-refractivity contribution in [3.63, 3.8) is 0 Å². The Hall–Kier alpha value is -3.83. The molecule has 0 radical (unpaired) electrons. The predicted molar refractivity (Wildman–Crippen MR) is 148 cm³/mol. The second-order valence-corrected chi connectivity index (χ2v) is 10.6. The lowest BCUT2D eigenvalue weighted by molar-refractivity contribution is 0.0634. The summed E-state index contributed by atoms with van der Waals surface area (Å²) in [5.41, 5.74) is 1.78. The van der Waals surface area contributed by atoms with Crippen LogP contribution >= 0.6 is 0 Å². The number of aliphatic hydroxyl groups excluding tert-OH is 1.